The Morgan fingerprint density at radius 2 is 1.54 bits per heavy atom. The SMILES string of the molecule is CN(C)c1cccc(CCc2ccc(CC(=O)NN)cc2)c1.Cl.Cl. The topological polar surface area (TPSA) is 58.4 Å². The first-order valence-corrected chi connectivity index (χ1v) is 7.42. The van der Waals surface area contributed by atoms with Crippen LogP contribution in [0, 0.1) is 0 Å². The molecule has 2 aromatic rings. The maximum atomic E-state index is 11.2. The van der Waals surface area contributed by atoms with Crippen LogP contribution in [0.3, 0.4) is 0 Å². The van der Waals surface area contributed by atoms with Crippen molar-refractivity contribution in [2.75, 3.05) is 19.0 Å². The van der Waals surface area contributed by atoms with Gasteiger partial charge in [-0.25, -0.2) is 5.84 Å². The van der Waals surface area contributed by atoms with Crippen LogP contribution in [-0.4, -0.2) is 20.0 Å². The lowest BCUT2D eigenvalue weighted by atomic mass is 10.0. The fourth-order valence-electron chi connectivity index (χ4n) is 2.34. The average Bonchev–Trinajstić information content (AvgIpc) is 2.54. The number of amides is 1. The Morgan fingerprint density at radius 1 is 0.958 bits per heavy atom. The van der Waals surface area contributed by atoms with Crippen LogP contribution in [0.2, 0.25) is 0 Å². The number of nitrogens with two attached hydrogens (primary N) is 1. The first kappa shape index (κ1) is 22.2. The second kappa shape index (κ2) is 10.9. The van der Waals surface area contributed by atoms with Gasteiger partial charge in [-0.1, -0.05) is 36.4 Å². The van der Waals surface area contributed by atoms with E-state index in [2.05, 4.69) is 60.8 Å². The second-order valence-corrected chi connectivity index (χ2v) is 5.63. The maximum absolute atomic E-state index is 11.2. The lowest BCUT2D eigenvalue weighted by Crippen LogP contribution is -2.31. The molecule has 0 unspecified atom stereocenters. The van der Waals surface area contributed by atoms with E-state index in [9.17, 15) is 4.79 Å². The molecule has 0 saturated carbocycles. The number of anilines is 1. The van der Waals surface area contributed by atoms with Crippen LogP contribution >= 0.6 is 24.8 Å². The van der Waals surface area contributed by atoms with Crippen LogP contribution in [0.5, 0.6) is 0 Å². The minimum Gasteiger partial charge on any atom is -0.378 e. The summed E-state index contributed by atoms with van der Waals surface area (Å²) in [7, 11) is 4.10. The fraction of sp³-hybridized carbons (Fsp3) is 0.278. The normalized spacial score (nSPS) is 9.46. The Morgan fingerprint density at radius 3 is 2.12 bits per heavy atom. The minimum absolute atomic E-state index is 0. The molecule has 0 radical (unpaired) electrons. The molecule has 0 saturated heterocycles. The van der Waals surface area contributed by atoms with E-state index in [0.717, 1.165) is 18.4 Å². The predicted octanol–water partition coefficient (Wildman–Crippen LogP) is 2.91. The molecule has 1 amide bonds. The number of aryl methyl sites for hydroxylation is 2. The van der Waals surface area contributed by atoms with Gasteiger partial charge in [0.2, 0.25) is 5.91 Å². The number of hydrogen-bond acceptors (Lipinski definition) is 3. The molecular formula is C18H25Cl2N3O. The van der Waals surface area contributed by atoms with Gasteiger partial charge < -0.3 is 4.90 Å². The van der Waals surface area contributed by atoms with Crippen molar-refractivity contribution >= 4 is 36.4 Å². The van der Waals surface area contributed by atoms with E-state index < -0.39 is 0 Å². The van der Waals surface area contributed by atoms with E-state index in [1.807, 2.05) is 12.1 Å². The molecule has 2 aromatic carbocycles. The molecule has 0 bridgehead atoms. The van der Waals surface area contributed by atoms with Crippen molar-refractivity contribution in [1.29, 1.82) is 0 Å². The van der Waals surface area contributed by atoms with Gasteiger partial charge >= 0.3 is 0 Å². The van der Waals surface area contributed by atoms with Gasteiger partial charge in [-0.05, 0) is 41.7 Å². The van der Waals surface area contributed by atoms with Crippen molar-refractivity contribution in [3.05, 3.63) is 65.2 Å². The Balaban J connectivity index is 0.00000264. The molecule has 0 fully saturated rings. The highest BCUT2D eigenvalue weighted by molar-refractivity contribution is 5.85. The number of rotatable bonds is 6. The summed E-state index contributed by atoms with van der Waals surface area (Å²) in [5.74, 6) is 4.92. The zero-order valence-corrected chi connectivity index (χ0v) is 15.6. The van der Waals surface area contributed by atoms with Gasteiger partial charge in [0.25, 0.3) is 0 Å². The third kappa shape index (κ3) is 6.79. The summed E-state index contributed by atoms with van der Waals surface area (Å²) in [5.41, 5.74) is 6.94. The monoisotopic (exact) mass is 369 g/mol. The molecule has 0 aliphatic carbocycles. The van der Waals surface area contributed by atoms with E-state index in [-0.39, 0.29) is 30.7 Å². The summed E-state index contributed by atoms with van der Waals surface area (Å²) in [6, 6.07) is 16.7. The first-order valence-electron chi connectivity index (χ1n) is 7.42. The highest BCUT2D eigenvalue weighted by Crippen LogP contribution is 2.15. The van der Waals surface area contributed by atoms with E-state index in [4.69, 9.17) is 5.84 Å². The van der Waals surface area contributed by atoms with Gasteiger partial charge in [-0.15, -0.1) is 24.8 Å². The van der Waals surface area contributed by atoms with Crippen molar-refractivity contribution < 1.29 is 4.79 Å². The largest absolute Gasteiger partial charge is 0.378 e. The Labute approximate surface area is 156 Å². The highest BCUT2D eigenvalue weighted by atomic mass is 35.5. The third-order valence-electron chi connectivity index (χ3n) is 3.68. The molecule has 0 aliphatic rings. The number of carbonyl (C=O) groups is 1. The summed E-state index contributed by atoms with van der Waals surface area (Å²) >= 11 is 0. The first-order chi connectivity index (χ1) is 10.6. The van der Waals surface area contributed by atoms with E-state index >= 15 is 0 Å². The van der Waals surface area contributed by atoms with Crippen molar-refractivity contribution in [1.82, 2.24) is 5.43 Å². The molecule has 3 N–H and O–H groups in total. The fourth-order valence-corrected chi connectivity index (χ4v) is 2.34. The number of benzene rings is 2. The van der Waals surface area contributed by atoms with Gasteiger partial charge in [0.05, 0.1) is 6.42 Å². The molecule has 0 atom stereocenters. The Kier molecular flexibility index (Phi) is 10.1. The molecule has 4 nitrogen and oxygen atoms in total. The third-order valence-corrected chi connectivity index (χ3v) is 3.68. The second-order valence-electron chi connectivity index (χ2n) is 5.63. The Bertz CT molecular complexity index is 630. The van der Waals surface area contributed by atoms with Crippen LogP contribution in [0.1, 0.15) is 16.7 Å². The number of nitrogens with one attached hydrogen (secondary N) is 1. The molecule has 132 valence electrons. The number of hydrogen-bond donors (Lipinski definition) is 2. The summed E-state index contributed by atoms with van der Waals surface area (Å²) in [4.78, 5) is 13.3. The maximum Gasteiger partial charge on any atom is 0.238 e. The highest BCUT2D eigenvalue weighted by Gasteiger charge is 2.02. The number of halogens is 2. The quantitative estimate of drug-likeness (QED) is 0.467. The summed E-state index contributed by atoms with van der Waals surface area (Å²) < 4.78 is 0. The molecule has 0 aliphatic heterocycles. The zero-order chi connectivity index (χ0) is 15.9. The predicted molar refractivity (Wildman–Crippen MR) is 105 cm³/mol. The molecule has 0 heterocycles. The average molecular weight is 370 g/mol. The number of nitrogens with zero attached hydrogens (tertiary/aromatic N) is 1. The van der Waals surface area contributed by atoms with E-state index in [0.29, 0.717) is 6.42 Å². The smallest absolute Gasteiger partial charge is 0.238 e. The van der Waals surface area contributed by atoms with Gasteiger partial charge in [-0.2, -0.15) is 0 Å². The molecule has 6 heteroatoms. The van der Waals surface area contributed by atoms with Gasteiger partial charge in [-0.3, -0.25) is 10.2 Å². The molecule has 2 rings (SSSR count). The van der Waals surface area contributed by atoms with Crippen molar-refractivity contribution in [2.24, 2.45) is 5.84 Å². The number of carbonyl (C=O) groups excluding carboxylic acids is 1. The van der Waals surface area contributed by atoms with Crippen LogP contribution in [0.25, 0.3) is 0 Å². The summed E-state index contributed by atoms with van der Waals surface area (Å²) in [6.07, 6.45) is 2.31. The van der Waals surface area contributed by atoms with Crippen LogP contribution < -0.4 is 16.2 Å². The standard InChI is InChI=1S/C18H23N3O.2ClH/c1-21(2)17-5-3-4-15(12-17)9-6-14-7-10-16(11-8-14)13-18(22)20-19;;/h3-5,7-8,10-12H,6,9,13,19H2,1-2H3,(H,20,22);2*1H. The molecule has 0 spiro atoms. The van der Waals surface area contributed by atoms with Crippen LogP contribution in [-0.2, 0) is 24.1 Å². The van der Waals surface area contributed by atoms with Gasteiger partial charge in [0, 0.05) is 19.8 Å². The minimum atomic E-state index is -0.173. The zero-order valence-electron chi connectivity index (χ0n) is 14.0. The van der Waals surface area contributed by atoms with E-state index in [1.165, 1.54) is 16.8 Å². The van der Waals surface area contributed by atoms with Crippen LogP contribution in [0.15, 0.2) is 48.5 Å². The van der Waals surface area contributed by atoms with E-state index in [1.54, 1.807) is 0 Å². The molecule has 0 aromatic heterocycles. The van der Waals surface area contributed by atoms with Crippen molar-refractivity contribution in [2.45, 2.75) is 19.3 Å². The van der Waals surface area contributed by atoms with Gasteiger partial charge in [0.15, 0.2) is 0 Å². The van der Waals surface area contributed by atoms with Gasteiger partial charge in [0.1, 0.15) is 0 Å². The van der Waals surface area contributed by atoms with Crippen molar-refractivity contribution in [3.63, 3.8) is 0 Å². The molecular weight excluding hydrogens is 345 g/mol. The number of hydrazine groups is 1. The summed E-state index contributed by atoms with van der Waals surface area (Å²) in [6.45, 7) is 0. The summed E-state index contributed by atoms with van der Waals surface area (Å²) in [5, 5.41) is 0. The molecule has 24 heavy (non-hydrogen) atoms. The van der Waals surface area contributed by atoms with Crippen LogP contribution in [0.4, 0.5) is 5.69 Å². The lowest BCUT2D eigenvalue weighted by molar-refractivity contribution is -0.120. The Hall–Kier alpha value is -1.75. The van der Waals surface area contributed by atoms with Crippen molar-refractivity contribution in [3.8, 4) is 0 Å². The lowest BCUT2D eigenvalue weighted by Gasteiger charge is -2.13.